The van der Waals surface area contributed by atoms with E-state index in [0.29, 0.717) is 28.1 Å². The average molecular weight is 472 g/mol. The molecule has 8 nitrogen and oxygen atoms in total. The number of aryl methyl sites for hydroxylation is 1. The van der Waals surface area contributed by atoms with E-state index < -0.39 is 5.91 Å². The molecule has 0 aliphatic rings. The van der Waals surface area contributed by atoms with Gasteiger partial charge in [-0.15, -0.1) is 16.8 Å². The number of rotatable bonds is 9. The predicted molar refractivity (Wildman–Crippen MR) is 124 cm³/mol. The fourth-order valence-electron chi connectivity index (χ4n) is 2.66. The summed E-state index contributed by atoms with van der Waals surface area (Å²) >= 11 is 7.00. The van der Waals surface area contributed by atoms with Crippen LogP contribution in [0.4, 0.5) is 0 Å². The maximum atomic E-state index is 12.2. The summed E-state index contributed by atoms with van der Waals surface area (Å²) in [6.07, 6.45) is 1.72. The Bertz CT molecular complexity index is 1100. The minimum Gasteiger partial charge on any atom is -0.486 e. The summed E-state index contributed by atoms with van der Waals surface area (Å²) in [4.78, 5) is 24.2. The van der Waals surface area contributed by atoms with Crippen molar-refractivity contribution in [3.63, 3.8) is 0 Å². The first kappa shape index (κ1) is 23.4. The van der Waals surface area contributed by atoms with Crippen molar-refractivity contribution in [3.8, 4) is 5.75 Å². The SMILES string of the molecule is C=CCn1c(COc2cccc(C)c2)nnc1SCC(=O)NNC(=O)c1ccc(Cl)cc1. The summed E-state index contributed by atoms with van der Waals surface area (Å²) < 4.78 is 7.64. The maximum Gasteiger partial charge on any atom is 0.269 e. The van der Waals surface area contributed by atoms with E-state index in [1.165, 1.54) is 11.8 Å². The van der Waals surface area contributed by atoms with Crippen LogP contribution in [-0.4, -0.2) is 32.3 Å². The highest BCUT2D eigenvalue weighted by atomic mass is 35.5. The van der Waals surface area contributed by atoms with Crippen LogP contribution >= 0.6 is 23.4 Å². The number of hydrogen-bond donors (Lipinski definition) is 2. The lowest BCUT2D eigenvalue weighted by Crippen LogP contribution is -2.42. The molecule has 3 aromatic rings. The summed E-state index contributed by atoms with van der Waals surface area (Å²) in [5.74, 6) is 0.566. The van der Waals surface area contributed by atoms with E-state index in [-0.39, 0.29) is 18.3 Å². The first-order chi connectivity index (χ1) is 15.5. The first-order valence-corrected chi connectivity index (χ1v) is 11.0. The summed E-state index contributed by atoms with van der Waals surface area (Å²) in [6.45, 7) is 6.45. The van der Waals surface area contributed by atoms with Gasteiger partial charge < -0.3 is 4.74 Å². The molecular weight excluding hydrogens is 450 g/mol. The van der Waals surface area contributed by atoms with Crippen LogP contribution in [-0.2, 0) is 17.9 Å². The topological polar surface area (TPSA) is 98.1 Å². The Hall–Kier alpha value is -3.30. The molecule has 0 unspecified atom stereocenters. The Kier molecular flexibility index (Phi) is 8.29. The molecule has 3 rings (SSSR count). The lowest BCUT2D eigenvalue weighted by Gasteiger charge is -2.10. The molecule has 0 saturated heterocycles. The number of hydrazine groups is 1. The second kappa shape index (κ2) is 11.4. The zero-order chi connectivity index (χ0) is 22.9. The first-order valence-electron chi connectivity index (χ1n) is 9.66. The Balaban J connectivity index is 1.53. The summed E-state index contributed by atoms with van der Waals surface area (Å²) in [7, 11) is 0. The van der Waals surface area contributed by atoms with Gasteiger partial charge in [0.1, 0.15) is 12.4 Å². The van der Waals surface area contributed by atoms with Crippen LogP contribution in [0, 0.1) is 6.92 Å². The number of nitrogens with zero attached hydrogens (tertiary/aromatic N) is 3. The quantitative estimate of drug-likeness (QED) is 0.281. The molecule has 0 saturated carbocycles. The summed E-state index contributed by atoms with van der Waals surface area (Å²) in [6, 6.07) is 14.1. The highest BCUT2D eigenvalue weighted by molar-refractivity contribution is 7.99. The molecule has 0 fully saturated rings. The Morgan fingerprint density at radius 1 is 1.19 bits per heavy atom. The molecule has 0 spiro atoms. The third kappa shape index (κ3) is 6.60. The van der Waals surface area contributed by atoms with E-state index in [0.717, 1.165) is 11.3 Å². The van der Waals surface area contributed by atoms with Crippen LogP contribution in [0.1, 0.15) is 21.7 Å². The van der Waals surface area contributed by atoms with E-state index in [1.807, 2.05) is 35.8 Å². The lowest BCUT2D eigenvalue weighted by atomic mass is 10.2. The Labute approximate surface area is 195 Å². The van der Waals surface area contributed by atoms with Gasteiger partial charge in [-0.2, -0.15) is 0 Å². The van der Waals surface area contributed by atoms with Gasteiger partial charge in [-0.3, -0.25) is 25.0 Å². The van der Waals surface area contributed by atoms with Crippen LogP contribution in [0.3, 0.4) is 0 Å². The van der Waals surface area contributed by atoms with Gasteiger partial charge in [-0.05, 0) is 48.9 Å². The van der Waals surface area contributed by atoms with Gasteiger partial charge in [0.25, 0.3) is 5.91 Å². The molecule has 32 heavy (non-hydrogen) atoms. The molecule has 0 bridgehead atoms. The van der Waals surface area contributed by atoms with E-state index in [1.54, 1.807) is 30.3 Å². The summed E-state index contributed by atoms with van der Waals surface area (Å²) in [5, 5.41) is 9.40. The standard InChI is InChI=1S/C22H22ClN5O3S/c1-3-11-28-19(13-31-18-6-4-5-15(2)12-18)24-27-22(28)32-14-20(29)25-26-21(30)16-7-9-17(23)10-8-16/h3-10,12H,1,11,13-14H2,2H3,(H,25,29)(H,26,30). The fraction of sp³-hybridized carbons (Fsp3) is 0.182. The van der Waals surface area contributed by atoms with Crippen molar-refractivity contribution >= 4 is 35.2 Å². The number of carbonyl (C=O) groups excluding carboxylic acids is 2. The number of halogens is 1. The van der Waals surface area contributed by atoms with Crippen molar-refractivity contribution in [1.82, 2.24) is 25.6 Å². The van der Waals surface area contributed by atoms with Crippen LogP contribution in [0.5, 0.6) is 5.75 Å². The van der Waals surface area contributed by atoms with Crippen LogP contribution < -0.4 is 15.6 Å². The molecule has 0 atom stereocenters. The minimum absolute atomic E-state index is 0.0366. The molecule has 166 valence electrons. The minimum atomic E-state index is -0.439. The molecule has 1 aromatic heterocycles. The van der Waals surface area contributed by atoms with Gasteiger partial charge >= 0.3 is 0 Å². The zero-order valence-corrected chi connectivity index (χ0v) is 18.9. The third-order valence-electron chi connectivity index (χ3n) is 4.22. The molecule has 1 heterocycles. The van der Waals surface area contributed by atoms with Crippen LogP contribution in [0.25, 0.3) is 0 Å². The lowest BCUT2D eigenvalue weighted by molar-refractivity contribution is -0.119. The van der Waals surface area contributed by atoms with Gasteiger partial charge in [-0.25, -0.2) is 0 Å². The Morgan fingerprint density at radius 2 is 1.97 bits per heavy atom. The fourth-order valence-corrected chi connectivity index (χ4v) is 3.56. The normalized spacial score (nSPS) is 10.4. The smallest absolute Gasteiger partial charge is 0.269 e. The van der Waals surface area contributed by atoms with E-state index >= 15 is 0 Å². The number of thioether (sulfide) groups is 1. The van der Waals surface area contributed by atoms with Crippen molar-refractivity contribution in [1.29, 1.82) is 0 Å². The number of nitrogens with one attached hydrogen (secondary N) is 2. The predicted octanol–water partition coefficient (Wildman–Crippen LogP) is 3.56. The van der Waals surface area contributed by atoms with Crippen LogP contribution in [0.15, 0.2) is 66.3 Å². The van der Waals surface area contributed by atoms with E-state index in [2.05, 4.69) is 27.6 Å². The number of benzene rings is 2. The highest BCUT2D eigenvalue weighted by Gasteiger charge is 2.15. The molecule has 2 N–H and O–H groups in total. The van der Waals surface area contributed by atoms with Crippen molar-refractivity contribution in [2.75, 3.05) is 5.75 Å². The molecule has 0 aliphatic carbocycles. The van der Waals surface area contributed by atoms with E-state index in [4.69, 9.17) is 16.3 Å². The number of amides is 2. The number of hydrogen-bond acceptors (Lipinski definition) is 6. The molecule has 10 heteroatoms. The average Bonchev–Trinajstić information content (AvgIpc) is 3.17. The van der Waals surface area contributed by atoms with Gasteiger partial charge in [0.05, 0.1) is 5.75 Å². The zero-order valence-electron chi connectivity index (χ0n) is 17.4. The number of ether oxygens (including phenoxy) is 1. The van der Waals surface area contributed by atoms with Crippen LogP contribution in [0.2, 0.25) is 5.02 Å². The second-order valence-corrected chi connectivity index (χ2v) is 8.08. The van der Waals surface area contributed by atoms with E-state index in [9.17, 15) is 9.59 Å². The van der Waals surface area contributed by atoms with Crippen molar-refractivity contribution in [2.24, 2.45) is 0 Å². The second-order valence-electron chi connectivity index (χ2n) is 6.70. The monoisotopic (exact) mass is 471 g/mol. The Morgan fingerprint density at radius 3 is 2.69 bits per heavy atom. The van der Waals surface area contributed by atoms with Gasteiger partial charge in [0.2, 0.25) is 5.91 Å². The van der Waals surface area contributed by atoms with Gasteiger partial charge in [0, 0.05) is 17.1 Å². The number of aromatic nitrogens is 3. The van der Waals surface area contributed by atoms with Gasteiger partial charge in [-0.1, -0.05) is 41.6 Å². The largest absolute Gasteiger partial charge is 0.486 e. The molecular formula is C22H22ClN5O3S. The maximum absolute atomic E-state index is 12.2. The van der Waals surface area contributed by atoms with Gasteiger partial charge in [0.15, 0.2) is 11.0 Å². The third-order valence-corrected chi connectivity index (χ3v) is 5.44. The summed E-state index contributed by atoms with van der Waals surface area (Å²) in [5.41, 5.74) is 6.23. The molecule has 2 aromatic carbocycles. The number of allylic oxidation sites excluding steroid dienone is 1. The van der Waals surface area contributed by atoms with Crippen molar-refractivity contribution in [2.45, 2.75) is 25.2 Å². The molecule has 2 amide bonds. The highest BCUT2D eigenvalue weighted by Crippen LogP contribution is 2.19. The van der Waals surface area contributed by atoms with Crippen molar-refractivity contribution < 1.29 is 14.3 Å². The number of carbonyl (C=O) groups is 2. The van der Waals surface area contributed by atoms with Crippen molar-refractivity contribution in [3.05, 3.63) is 83.2 Å². The molecule has 0 radical (unpaired) electrons. The molecule has 0 aliphatic heterocycles.